The summed E-state index contributed by atoms with van der Waals surface area (Å²) in [5.41, 5.74) is 2.54. The highest BCUT2D eigenvalue weighted by Crippen LogP contribution is 2.34. The molecule has 116 valence electrons. The Bertz CT molecular complexity index is 435. The van der Waals surface area contributed by atoms with E-state index < -0.39 is 0 Å². The summed E-state index contributed by atoms with van der Waals surface area (Å²) in [6.45, 7) is 2.25. The first-order valence-electron chi connectivity index (χ1n) is 8.10. The average Bonchev–Trinajstić information content (AvgIpc) is 2.54. The third kappa shape index (κ3) is 5.03. The predicted octanol–water partition coefficient (Wildman–Crippen LogP) is 5.36. The quantitative estimate of drug-likeness (QED) is 0.522. The van der Waals surface area contributed by atoms with E-state index in [9.17, 15) is 4.79 Å². The lowest BCUT2D eigenvalue weighted by Crippen LogP contribution is -2.06. The molecule has 1 atom stereocenters. The smallest absolute Gasteiger partial charge is 0.305 e. The van der Waals surface area contributed by atoms with E-state index in [4.69, 9.17) is 16.3 Å². The fraction of sp³-hybridized carbons (Fsp3) is 0.611. The van der Waals surface area contributed by atoms with Crippen molar-refractivity contribution in [2.45, 2.75) is 63.2 Å². The van der Waals surface area contributed by atoms with Crippen LogP contribution in [-0.2, 0) is 9.53 Å². The van der Waals surface area contributed by atoms with Gasteiger partial charge in [0, 0.05) is 6.42 Å². The summed E-state index contributed by atoms with van der Waals surface area (Å²) in [6, 6.07) is 8.66. The molecule has 1 aromatic carbocycles. The Morgan fingerprint density at radius 3 is 2.52 bits per heavy atom. The van der Waals surface area contributed by atoms with Gasteiger partial charge >= 0.3 is 5.97 Å². The van der Waals surface area contributed by atoms with Gasteiger partial charge in [-0.2, -0.15) is 0 Å². The molecule has 1 fully saturated rings. The van der Waals surface area contributed by atoms with Gasteiger partial charge in [0.1, 0.15) is 0 Å². The number of esters is 1. The minimum Gasteiger partial charge on any atom is -0.466 e. The average molecular weight is 309 g/mol. The van der Waals surface area contributed by atoms with Crippen molar-refractivity contribution in [3.63, 3.8) is 0 Å². The Balaban J connectivity index is 1.87. The molecule has 0 saturated heterocycles. The first-order chi connectivity index (χ1) is 10.2. The largest absolute Gasteiger partial charge is 0.466 e. The van der Waals surface area contributed by atoms with Crippen LogP contribution in [0.1, 0.15) is 74.3 Å². The van der Waals surface area contributed by atoms with Gasteiger partial charge in [0.25, 0.3) is 0 Å². The fourth-order valence-corrected chi connectivity index (χ4v) is 3.31. The summed E-state index contributed by atoms with van der Waals surface area (Å²) < 4.78 is 4.93. The number of hydrogen-bond donors (Lipinski definition) is 0. The Kier molecular flexibility index (Phi) is 6.56. The summed E-state index contributed by atoms with van der Waals surface area (Å²) in [7, 11) is 0. The molecule has 0 heterocycles. The van der Waals surface area contributed by atoms with Crippen LogP contribution in [0.15, 0.2) is 24.3 Å². The van der Waals surface area contributed by atoms with Crippen LogP contribution in [0.4, 0.5) is 0 Å². The molecule has 0 aromatic heterocycles. The molecule has 0 bridgehead atoms. The molecule has 0 N–H and O–H groups in total. The van der Waals surface area contributed by atoms with E-state index >= 15 is 0 Å². The summed E-state index contributed by atoms with van der Waals surface area (Å²) >= 11 is 6.38. The van der Waals surface area contributed by atoms with Crippen molar-refractivity contribution < 1.29 is 9.53 Å². The van der Waals surface area contributed by atoms with Crippen molar-refractivity contribution in [2.24, 2.45) is 0 Å². The highest BCUT2D eigenvalue weighted by Gasteiger charge is 2.16. The maximum Gasteiger partial charge on any atom is 0.305 e. The monoisotopic (exact) mass is 308 g/mol. The van der Waals surface area contributed by atoms with Crippen LogP contribution < -0.4 is 0 Å². The van der Waals surface area contributed by atoms with Crippen LogP contribution in [-0.4, -0.2) is 12.6 Å². The van der Waals surface area contributed by atoms with Gasteiger partial charge in [0.2, 0.25) is 0 Å². The van der Waals surface area contributed by atoms with E-state index in [0.717, 1.165) is 11.5 Å². The molecule has 2 rings (SSSR count). The second kappa shape index (κ2) is 8.43. The molecule has 0 amide bonds. The Hall–Kier alpha value is -1.02. The van der Waals surface area contributed by atoms with Gasteiger partial charge in [-0.05, 0) is 43.2 Å². The van der Waals surface area contributed by atoms with Crippen LogP contribution in [0, 0.1) is 0 Å². The number of alkyl halides is 1. The van der Waals surface area contributed by atoms with Gasteiger partial charge in [0.05, 0.1) is 12.0 Å². The maximum absolute atomic E-state index is 11.4. The van der Waals surface area contributed by atoms with Crippen LogP contribution in [0.5, 0.6) is 0 Å². The van der Waals surface area contributed by atoms with E-state index in [1.807, 2.05) is 6.92 Å². The number of rotatable bonds is 6. The van der Waals surface area contributed by atoms with E-state index in [1.54, 1.807) is 0 Å². The minimum absolute atomic E-state index is 0.116. The van der Waals surface area contributed by atoms with E-state index in [2.05, 4.69) is 24.3 Å². The molecule has 1 saturated carbocycles. The van der Waals surface area contributed by atoms with Crippen molar-refractivity contribution in [1.82, 2.24) is 0 Å². The zero-order valence-electron chi connectivity index (χ0n) is 12.8. The number of ether oxygens (including phenoxy) is 1. The van der Waals surface area contributed by atoms with Gasteiger partial charge in [-0.25, -0.2) is 0 Å². The number of halogens is 1. The summed E-state index contributed by atoms with van der Waals surface area (Å²) in [5.74, 6) is 0.558. The third-order valence-corrected chi connectivity index (χ3v) is 4.75. The molecule has 0 aliphatic heterocycles. The van der Waals surface area contributed by atoms with Gasteiger partial charge < -0.3 is 4.74 Å². The predicted molar refractivity (Wildman–Crippen MR) is 86.7 cm³/mol. The molecule has 1 aliphatic carbocycles. The second-order valence-corrected chi connectivity index (χ2v) is 6.34. The van der Waals surface area contributed by atoms with E-state index in [-0.39, 0.29) is 11.3 Å². The van der Waals surface area contributed by atoms with E-state index in [1.165, 1.54) is 37.7 Å². The van der Waals surface area contributed by atoms with Gasteiger partial charge in [-0.1, -0.05) is 43.5 Å². The van der Waals surface area contributed by atoms with Crippen molar-refractivity contribution in [1.29, 1.82) is 0 Å². The van der Waals surface area contributed by atoms with Crippen molar-refractivity contribution in [3.8, 4) is 0 Å². The minimum atomic E-state index is -0.165. The topological polar surface area (TPSA) is 26.3 Å². The van der Waals surface area contributed by atoms with Crippen LogP contribution in [0.3, 0.4) is 0 Å². The number of carbonyl (C=O) groups excluding carboxylic acids is 1. The fourth-order valence-electron chi connectivity index (χ4n) is 3.06. The molecular formula is C18H25ClO2. The lowest BCUT2D eigenvalue weighted by Gasteiger charge is -2.22. The van der Waals surface area contributed by atoms with E-state index in [0.29, 0.717) is 19.4 Å². The number of benzene rings is 1. The normalized spacial score (nSPS) is 17.4. The first kappa shape index (κ1) is 16.4. The first-order valence-corrected chi connectivity index (χ1v) is 8.54. The highest BCUT2D eigenvalue weighted by atomic mass is 35.5. The van der Waals surface area contributed by atoms with Gasteiger partial charge in [-0.15, -0.1) is 11.6 Å². The molecule has 0 spiro atoms. The summed E-state index contributed by atoms with van der Waals surface area (Å²) in [6.07, 6.45) is 7.72. The summed E-state index contributed by atoms with van der Waals surface area (Å²) in [4.78, 5) is 11.4. The molecule has 2 nitrogen and oxygen atoms in total. The van der Waals surface area contributed by atoms with Crippen LogP contribution >= 0.6 is 11.6 Å². The Labute approximate surface area is 132 Å². The van der Waals surface area contributed by atoms with Crippen LogP contribution in [0.25, 0.3) is 0 Å². The zero-order chi connectivity index (χ0) is 15.1. The van der Waals surface area contributed by atoms with Gasteiger partial charge in [-0.3, -0.25) is 4.79 Å². The third-order valence-electron chi connectivity index (χ3n) is 4.28. The molecule has 1 aliphatic rings. The number of carbonyl (C=O) groups is 1. The van der Waals surface area contributed by atoms with Crippen molar-refractivity contribution in [3.05, 3.63) is 35.4 Å². The SMILES string of the molecule is CCOC(=O)CCC(Cl)c1ccc(C2CCCCC2)cc1. The molecular weight excluding hydrogens is 284 g/mol. The molecule has 1 aromatic rings. The molecule has 21 heavy (non-hydrogen) atoms. The summed E-state index contributed by atoms with van der Waals surface area (Å²) in [5, 5.41) is -0.116. The molecule has 0 radical (unpaired) electrons. The second-order valence-electron chi connectivity index (χ2n) is 5.81. The van der Waals surface area contributed by atoms with Crippen LogP contribution in [0.2, 0.25) is 0 Å². The van der Waals surface area contributed by atoms with Crippen molar-refractivity contribution >= 4 is 17.6 Å². The Morgan fingerprint density at radius 1 is 1.24 bits per heavy atom. The van der Waals surface area contributed by atoms with Gasteiger partial charge in [0.15, 0.2) is 0 Å². The Morgan fingerprint density at radius 2 is 1.90 bits per heavy atom. The molecule has 1 unspecified atom stereocenters. The lowest BCUT2D eigenvalue weighted by molar-refractivity contribution is -0.143. The highest BCUT2D eigenvalue weighted by molar-refractivity contribution is 6.20. The standard InChI is InChI=1S/C18H25ClO2/c1-2-21-18(20)13-12-17(19)16-10-8-15(9-11-16)14-6-4-3-5-7-14/h8-11,14,17H,2-7,12-13H2,1H3. The van der Waals surface area contributed by atoms with Crippen molar-refractivity contribution in [2.75, 3.05) is 6.61 Å². The zero-order valence-corrected chi connectivity index (χ0v) is 13.6. The number of hydrogen-bond acceptors (Lipinski definition) is 2. The maximum atomic E-state index is 11.4. The lowest BCUT2D eigenvalue weighted by atomic mass is 9.84. The molecule has 3 heteroatoms.